The van der Waals surface area contributed by atoms with Crippen molar-refractivity contribution in [3.05, 3.63) is 29.0 Å². The van der Waals surface area contributed by atoms with Crippen LogP contribution in [-0.2, 0) is 6.42 Å². The number of nitrogens with zero attached hydrogens (tertiary/aromatic N) is 1. The molecular formula is C13H20ClNO2. The van der Waals surface area contributed by atoms with Gasteiger partial charge in [0.2, 0.25) is 0 Å². The van der Waals surface area contributed by atoms with Gasteiger partial charge in [-0.15, -0.1) is 0 Å². The van der Waals surface area contributed by atoms with Gasteiger partial charge in [-0.1, -0.05) is 25.4 Å². The molecule has 0 bridgehead atoms. The Labute approximate surface area is 107 Å². The lowest BCUT2D eigenvalue weighted by Gasteiger charge is -2.32. The van der Waals surface area contributed by atoms with Gasteiger partial charge in [0.1, 0.15) is 0 Å². The third kappa shape index (κ3) is 3.95. The van der Waals surface area contributed by atoms with Gasteiger partial charge in [-0.05, 0) is 30.4 Å². The Morgan fingerprint density at radius 3 is 2.47 bits per heavy atom. The second kappa shape index (κ2) is 6.34. The van der Waals surface area contributed by atoms with Crippen LogP contribution in [0.3, 0.4) is 0 Å². The van der Waals surface area contributed by atoms with Gasteiger partial charge < -0.3 is 10.2 Å². The molecule has 0 saturated heterocycles. The van der Waals surface area contributed by atoms with E-state index >= 15 is 0 Å². The molecule has 0 aliphatic heterocycles. The first-order valence-corrected chi connectivity index (χ1v) is 6.21. The van der Waals surface area contributed by atoms with Gasteiger partial charge in [0.05, 0.1) is 18.2 Å². The lowest BCUT2D eigenvalue weighted by molar-refractivity contribution is 0.0370. The number of pyridine rings is 1. The van der Waals surface area contributed by atoms with Crippen molar-refractivity contribution in [2.75, 3.05) is 13.2 Å². The summed E-state index contributed by atoms with van der Waals surface area (Å²) in [5, 5.41) is 19.7. The van der Waals surface area contributed by atoms with Crippen LogP contribution in [0.4, 0.5) is 0 Å². The molecule has 4 heteroatoms. The standard InChI is InChI=1S/C13H20ClNO2/c1-10(2)5-13(8-16,9-17)6-11-3-4-15-7-12(11)14/h3-4,7,10,16-17H,5-6,8-9H2,1-2H3. The van der Waals surface area contributed by atoms with Crippen molar-refractivity contribution in [1.29, 1.82) is 0 Å². The van der Waals surface area contributed by atoms with Crippen molar-refractivity contribution < 1.29 is 10.2 Å². The largest absolute Gasteiger partial charge is 0.396 e. The van der Waals surface area contributed by atoms with E-state index in [-0.39, 0.29) is 13.2 Å². The molecule has 0 amide bonds. The molecule has 0 aliphatic rings. The lowest BCUT2D eigenvalue weighted by Crippen LogP contribution is -2.34. The number of aliphatic hydroxyl groups excluding tert-OH is 2. The van der Waals surface area contributed by atoms with E-state index in [1.54, 1.807) is 12.4 Å². The van der Waals surface area contributed by atoms with Crippen molar-refractivity contribution >= 4 is 11.6 Å². The van der Waals surface area contributed by atoms with Crippen LogP contribution in [0.2, 0.25) is 5.02 Å². The molecule has 0 radical (unpaired) electrons. The first kappa shape index (κ1) is 14.4. The van der Waals surface area contributed by atoms with Crippen LogP contribution < -0.4 is 0 Å². The fourth-order valence-electron chi connectivity index (χ4n) is 2.18. The molecule has 0 aliphatic carbocycles. The highest BCUT2D eigenvalue weighted by Crippen LogP contribution is 2.32. The Morgan fingerprint density at radius 2 is 2.00 bits per heavy atom. The second-order valence-corrected chi connectivity index (χ2v) is 5.47. The summed E-state index contributed by atoms with van der Waals surface area (Å²) in [6.45, 7) is 4.07. The smallest absolute Gasteiger partial charge is 0.0621 e. The van der Waals surface area contributed by atoms with Gasteiger partial charge in [0.15, 0.2) is 0 Å². The van der Waals surface area contributed by atoms with E-state index in [9.17, 15) is 10.2 Å². The number of hydrogen-bond donors (Lipinski definition) is 2. The van der Waals surface area contributed by atoms with E-state index in [4.69, 9.17) is 11.6 Å². The molecule has 0 aromatic carbocycles. The normalized spacial score (nSPS) is 12.1. The zero-order valence-electron chi connectivity index (χ0n) is 10.4. The van der Waals surface area contributed by atoms with Crippen LogP contribution >= 0.6 is 11.6 Å². The summed E-state index contributed by atoms with van der Waals surface area (Å²) < 4.78 is 0. The molecule has 1 rings (SSSR count). The maximum atomic E-state index is 9.56. The first-order chi connectivity index (χ1) is 8.03. The average molecular weight is 258 g/mol. The van der Waals surface area contributed by atoms with Crippen LogP contribution in [0, 0.1) is 11.3 Å². The molecule has 3 nitrogen and oxygen atoms in total. The third-order valence-corrected chi connectivity index (χ3v) is 3.27. The summed E-state index contributed by atoms with van der Waals surface area (Å²) in [6, 6.07) is 1.84. The highest BCUT2D eigenvalue weighted by molar-refractivity contribution is 6.31. The molecule has 0 unspecified atom stereocenters. The van der Waals surface area contributed by atoms with Crippen molar-refractivity contribution in [3.8, 4) is 0 Å². The Morgan fingerprint density at radius 1 is 1.35 bits per heavy atom. The quantitative estimate of drug-likeness (QED) is 0.822. The van der Waals surface area contributed by atoms with E-state index in [0.717, 1.165) is 12.0 Å². The maximum absolute atomic E-state index is 9.56. The molecule has 0 spiro atoms. The summed E-state index contributed by atoms with van der Waals surface area (Å²) >= 11 is 6.06. The SMILES string of the molecule is CC(C)CC(CO)(CO)Cc1ccncc1Cl. The van der Waals surface area contributed by atoms with Gasteiger partial charge in [-0.3, -0.25) is 4.98 Å². The Hall–Kier alpha value is -0.640. The number of aromatic nitrogens is 1. The third-order valence-electron chi connectivity index (χ3n) is 2.93. The summed E-state index contributed by atoms with van der Waals surface area (Å²) in [7, 11) is 0. The first-order valence-electron chi connectivity index (χ1n) is 5.83. The maximum Gasteiger partial charge on any atom is 0.0621 e. The van der Waals surface area contributed by atoms with Gasteiger partial charge in [0, 0.05) is 17.8 Å². The number of hydrogen-bond acceptors (Lipinski definition) is 3. The average Bonchev–Trinajstić information content (AvgIpc) is 2.30. The summed E-state index contributed by atoms with van der Waals surface area (Å²) in [4.78, 5) is 3.93. The van der Waals surface area contributed by atoms with E-state index in [1.807, 2.05) is 6.07 Å². The van der Waals surface area contributed by atoms with Gasteiger partial charge in [-0.25, -0.2) is 0 Å². The van der Waals surface area contributed by atoms with Gasteiger partial charge in [0.25, 0.3) is 0 Å². The Kier molecular flexibility index (Phi) is 5.37. The molecule has 0 atom stereocenters. The highest BCUT2D eigenvalue weighted by atomic mass is 35.5. The van der Waals surface area contributed by atoms with Crippen molar-refractivity contribution in [3.63, 3.8) is 0 Å². The van der Waals surface area contributed by atoms with Crippen LogP contribution in [0.15, 0.2) is 18.5 Å². The van der Waals surface area contributed by atoms with Crippen molar-refractivity contribution in [1.82, 2.24) is 4.98 Å². The molecule has 1 aromatic rings. The van der Waals surface area contributed by atoms with Crippen LogP contribution in [-0.4, -0.2) is 28.4 Å². The second-order valence-electron chi connectivity index (χ2n) is 5.06. The minimum absolute atomic E-state index is 0.0413. The highest BCUT2D eigenvalue weighted by Gasteiger charge is 2.30. The van der Waals surface area contributed by atoms with Crippen molar-refractivity contribution in [2.24, 2.45) is 11.3 Å². The molecule has 1 aromatic heterocycles. The van der Waals surface area contributed by atoms with E-state index in [1.165, 1.54) is 0 Å². The fraction of sp³-hybridized carbons (Fsp3) is 0.615. The molecule has 0 fully saturated rings. The van der Waals surface area contributed by atoms with E-state index < -0.39 is 5.41 Å². The van der Waals surface area contributed by atoms with Gasteiger partial charge >= 0.3 is 0 Å². The predicted molar refractivity (Wildman–Crippen MR) is 69.0 cm³/mol. The molecule has 1 heterocycles. The zero-order chi connectivity index (χ0) is 12.9. The summed E-state index contributed by atoms with van der Waals surface area (Å²) in [6.07, 6.45) is 4.60. The van der Waals surface area contributed by atoms with Gasteiger partial charge in [-0.2, -0.15) is 0 Å². The Bertz CT molecular complexity index is 351. The monoisotopic (exact) mass is 257 g/mol. The van der Waals surface area contributed by atoms with Crippen LogP contribution in [0.25, 0.3) is 0 Å². The summed E-state index contributed by atoms with van der Waals surface area (Å²) in [5.74, 6) is 0.412. The number of halogens is 1. The van der Waals surface area contributed by atoms with E-state index in [2.05, 4.69) is 18.8 Å². The fourth-order valence-corrected chi connectivity index (χ4v) is 2.37. The predicted octanol–water partition coefficient (Wildman–Crippen LogP) is 2.29. The molecular weight excluding hydrogens is 238 g/mol. The molecule has 0 saturated carbocycles. The van der Waals surface area contributed by atoms with Crippen molar-refractivity contribution in [2.45, 2.75) is 26.7 Å². The van der Waals surface area contributed by atoms with Crippen LogP contribution in [0.5, 0.6) is 0 Å². The Balaban J connectivity index is 2.90. The lowest BCUT2D eigenvalue weighted by atomic mass is 9.77. The number of aliphatic hydroxyl groups is 2. The zero-order valence-corrected chi connectivity index (χ0v) is 11.1. The molecule has 17 heavy (non-hydrogen) atoms. The minimum atomic E-state index is -0.501. The number of rotatable bonds is 6. The van der Waals surface area contributed by atoms with E-state index in [0.29, 0.717) is 17.4 Å². The molecule has 2 N–H and O–H groups in total. The van der Waals surface area contributed by atoms with Crippen LogP contribution in [0.1, 0.15) is 25.8 Å². The topological polar surface area (TPSA) is 53.4 Å². The molecule has 96 valence electrons. The summed E-state index contributed by atoms with van der Waals surface area (Å²) in [5.41, 5.74) is 0.421. The minimum Gasteiger partial charge on any atom is -0.396 e.